The van der Waals surface area contributed by atoms with Crippen molar-refractivity contribution in [2.45, 2.75) is 6.43 Å². The Bertz CT molecular complexity index is 765. The van der Waals surface area contributed by atoms with Gasteiger partial charge in [0.2, 0.25) is 5.88 Å². The van der Waals surface area contributed by atoms with Crippen molar-refractivity contribution in [3.63, 3.8) is 0 Å². The Morgan fingerprint density at radius 3 is 2.80 bits per heavy atom. The second-order valence-corrected chi connectivity index (χ2v) is 4.63. The number of nitriles is 1. The Labute approximate surface area is 142 Å². The van der Waals surface area contributed by atoms with E-state index in [1.165, 1.54) is 24.5 Å². The average molecular weight is 348 g/mol. The molecule has 0 saturated heterocycles. The number of halogens is 2. The van der Waals surface area contributed by atoms with E-state index in [1.807, 2.05) is 6.07 Å². The molecule has 1 N–H and O–H groups in total. The molecule has 2 aromatic rings. The van der Waals surface area contributed by atoms with E-state index < -0.39 is 19.0 Å². The molecule has 0 radical (unpaired) electrons. The smallest absolute Gasteiger partial charge is 0.343 e. The fourth-order valence-electron chi connectivity index (χ4n) is 1.83. The fourth-order valence-corrected chi connectivity index (χ4v) is 1.83. The topological polar surface area (TPSA) is 97.1 Å². The third kappa shape index (κ3) is 5.39. The van der Waals surface area contributed by atoms with Gasteiger partial charge in [-0.2, -0.15) is 5.26 Å². The summed E-state index contributed by atoms with van der Waals surface area (Å²) in [5.74, 6) is -0.582. The Morgan fingerprint density at radius 2 is 2.04 bits per heavy atom. The summed E-state index contributed by atoms with van der Waals surface area (Å²) in [6, 6.07) is 8.06. The van der Waals surface area contributed by atoms with Crippen molar-refractivity contribution < 1.29 is 23.0 Å². The number of alkyl halides is 2. The van der Waals surface area contributed by atoms with Gasteiger partial charge >= 0.3 is 5.97 Å². The lowest BCUT2D eigenvalue weighted by Gasteiger charge is -2.10. The zero-order chi connectivity index (χ0) is 18.1. The van der Waals surface area contributed by atoms with E-state index >= 15 is 0 Å². The van der Waals surface area contributed by atoms with Gasteiger partial charge in [0.25, 0.3) is 6.43 Å². The van der Waals surface area contributed by atoms with Gasteiger partial charge in [-0.3, -0.25) is 0 Å². The average Bonchev–Trinajstić information content (AvgIpc) is 2.63. The van der Waals surface area contributed by atoms with Gasteiger partial charge in [-0.15, -0.1) is 0 Å². The molecule has 0 unspecified atom stereocenters. The van der Waals surface area contributed by atoms with Gasteiger partial charge in [0.05, 0.1) is 12.1 Å². The molecule has 0 saturated carbocycles. The van der Waals surface area contributed by atoms with Crippen molar-refractivity contribution in [1.82, 2.24) is 9.97 Å². The normalized spacial score (nSPS) is 10.2. The van der Waals surface area contributed by atoms with Gasteiger partial charge in [-0.05, 0) is 24.3 Å². The summed E-state index contributed by atoms with van der Waals surface area (Å²) < 4.78 is 34.3. The molecule has 2 aromatic heterocycles. The third-order valence-electron chi connectivity index (χ3n) is 2.89. The standard InChI is InChI=1S/C16H14F2N4O3/c17-13(18)10-25-15-12(4-2-6-22-15)16(23)24-8-7-21-14-11(9-19)3-1-5-20-14/h1-6,13H,7-8,10H2,(H,20,21). The lowest BCUT2D eigenvalue weighted by molar-refractivity contribution is 0.0499. The fraction of sp³-hybridized carbons (Fsp3) is 0.250. The summed E-state index contributed by atoms with van der Waals surface area (Å²) in [6.07, 6.45) is 0.170. The lowest BCUT2D eigenvalue weighted by Crippen LogP contribution is -2.17. The molecule has 0 atom stereocenters. The van der Waals surface area contributed by atoms with Gasteiger partial charge in [-0.1, -0.05) is 0 Å². The second kappa shape index (κ2) is 9.12. The molecule has 9 heteroatoms. The molecule has 0 aliphatic heterocycles. The van der Waals surface area contributed by atoms with Crippen molar-refractivity contribution in [2.24, 2.45) is 0 Å². The summed E-state index contributed by atoms with van der Waals surface area (Å²) in [5.41, 5.74) is 0.322. The van der Waals surface area contributed by atoms with Crippen LogP contribution in [0.1, 0.15) is 15.9 Å². The number of rotatable bonds is 8. The molecular weight excluding hydrogens is 334 g/mol. The molecule has 25 heavy (non-hydrogen) atoms. The third-order valence-corrected chi connectivity index (χ3v) is 2.89. The van der Waals surface area contributed by atoms with Gasteiger partial charge in [0.15, 0.2) is 6.61 Å². The van der Waals surface area contributed by atoms with Crippen molar-refractivity contribution in [3.8, 4) is 11.9 Å². The van der Waals surface area contributed by atoms with Crippen LogP contribution in [0.15, 0.2) is 36.7 Å². The van der Waals surface area contributed by atoms with Crippen LogP contribution in [0.5, 0.6) is 5.88 Å². The van der Waals surface area contributed by atoms with Crippen LogP contribution in [0.4, 0.5) is 14.6 Å². The molecule has 0 aromatic carbocycles. The highest BCUT2D eigenvalue weighted by Crippen LogP contribution is 2.16. The minimum atomic E-state index is -2.68. The largest absolute Gasteiger partial charge is 0.471 e. The molecule has 0 aliphatic rings. The summed E-state index contributed by atoms with van der Waals surface area (Å²) in [5, 5.41) is 11.8. The maximum Gasteiger partial charge on any atom is 0.343 e. The number of esters is 1. The van der Waals surface area contributed by atoms with Crippen LogP contribution >= 0.6 is 0 Å². The number of nitrogens with one attached hydrogen (secondary N) is 1. The monoisotopic (exact) mass is 348 g/mol. The number of ether oxygens (including phenoxy) is 2. The molecule has 7 nitrogen and oxygen atoms in total. The summed E-state index contributed by atoms with van der Waals surface area (Å²) >= 11 is 0. The highest BCUT2D eigenvalue weighted by molar-refractivity contribution is 5.91. The summed E-state index contributed by atoms with van der Waals surface area (Å²) in [6.45, 7) is -0.677. The Morgan fingerprint density at radius 1 is 1.28 bits per heavy atom. The van der Waals surface area contributed by atoms with Crippen LogP contribution in [0.2, 0.25) is 0 Å². The number of anilines is 1. The Hall–Kier alpha value is -3.28. The van der Waals surface area contributed by atoms with E-state index in [1.54, 1.807) is 12.1 Å². The van der Waals surface area contributed by atoms with Crippen molar-refractivity contribution in [2.75, 3.05) is 25.1 Å². The molecule has 0 bridgehead atoms. The number of aromatic nitrogens is 2. The minimum absolute atomic E-state index is 0.0243. The van der Waals surface area contributed by atoms with Crippen LogP contribution in [-0.2, 0) is 4.74 Å². The van der Waals surface area contributed by atoms with Crippen LogP contribution < -0.4 is 10.1 Å². The van der Waals surface area contributed by atoms with Crippen LogP contribution in [0, 0.1) is 11.3 Å². The quantitative estimate of drug-likeness (QED) is 0.577. The SMILES string of the molecule is N#Cc1cccnc1NCCOC(=O)c1cccnc1OCC(F)F. The number of hydrogen-bond acceptors (Lipinski definition) is 7. The summed E-state index contributed by atoms with van der Waals surface area (Å²) in [4.78, 5) is 19.8. The Balaban J connectivity index is 1.87. The lowest BCUT2D eigenvalue weighted by atomic mass is 10.3. The first-order chi connectivity index (χ1) is 12.1. The highest BCUT2D eigenvalue weighted by atomic mass is 19.3. The summed E-state index contributed by atoms with van der Waals surface area (Å²) in [7, 11) is 0. The van der Waals surface area contributed by atoms with E-state index in [0.717, 1.165) is 0 Å². The van der Waals surface area contributed by atoms with E-state index in [-0.39, 0.29) is 24.6 Å². The van der Waals surface area contributed by atoms with E-state index in [9.17, 15) is 13.6 Å². The molecule has 130 valence electrons. The first-order valence-electron chi connectivity index (χ1n) is 7.24. The molecule has 0 amide bonds. The van der Waals surface area contributed by atoms with Crippen LogP contribution in [0.25, 0.3) is 0 Å². The molecule has 2 rings (SSSR count). The maximum atomic E-state index is 12.2. The predicted molar refractivity (Wildman–Crippen MR) is 83.5 cm³/mol. The molecule has 0 fully saturated rings. The van der Waals surface area contributed by atoms with Crippen molar-refractivity contribution >= 4 is 11.8 Å². The van der Waals surface area contributed by atoms with E-state index in [4.69, 9.17) is 14.7 Å². The number of carbonyl (C=O) groups is 1. The minimum Gasteiger partial charge on any atom is -0.471 e. The number of carbonyl (C=O) groups excluding carboxylic acids is 1. The van der Waals surface area contributed by atoms with Crippen molar-refractivity contribution in [3.05, 3.63) is 47.8 Å². The highest BCUT2D eigenvalue weighted by Gasteiger charge is 2.16. The van der Waals surface area contributed by atoms with E-state index in [0.29, 0.717) is 11.4 Å². The van der Waals surface area contributed by atoms with Crippen molar-refractivity contribution in [1.29, 1.82) is 5.26 Å². The van der Waals surface area contributed by atoms with Crippen LogP contribution in [0.3, 0.4) is 0 Å². The first-order valence-corrected chi connectivity index (χ1v) is 7.24. The molecule has 0 spiro atoms. The van der Waals surface area contributed by atoms with Gasteiger partial charge in [-0.25, -0.2) is 23.5 Å². The molecule has 0 aliphatic carbocycles. The number of hydrogen-bond donors (Lipinski definition) is 1. The predicted octanol–water partition coefficient (Wildman–Crippen LogP) is 2.26. The van der Waals surface area contributed by atoms with Crippen LogP contribution in [-0.4, -0.2) is 42.1 Å². The van der Waals surface area contributed by atoms with Gasteiger partial charge in [0, 0.05) is 12.4 Å². The van der Waals surface area contributed by atoms with Gasteiger partial charge < -0.3 is 14.8 Å². The molecular formula is C16H14F2N4O3. The van der Waals surface area contributed by atoms with Gasteiger partial charge in [0.1, 0.15) is 24.1 Å². The zero-order valence-corrected chi connectivity index (χ0v) is 13.0. The number of nitrogens with zero attached hydrogens (tertiary/aromatic N) is 3. The first kappa shape index (κ1) is 18.1. The number of pyridine rings is 2. The second-order valence-electron chi connectivity index (χ2n) is 4.63. The Kier molecular flexibility index (Phi) is 6.59. The van der Waals surface area contributed by atoms with E-state index in [2.05, 4.69) is 15.3 Å². The zero-order valence-electron chi connectivity index (χ0n) is 13.0. The molecule has 2 heterocycles. The maximum absolute atomic E-state index is 12.2.